The number of carbonyl (C=O) groups excluding carboxylic acids is 1. The maximum Gasteiger partial charge on any atom is 0.320 e. The molecule has 2 N–H and O–H groups in total. The third kappa shape index (κ3) is 3.82. The van der Waals surface area contributed by atoms with Crippen LogP contribution in [0.2, 0.25) is 0 Å². The highest BCUT2D eigenvalue weighted by molar-refractivity contribution is 5.95. The predicted molar refractivity (Wildman–Crippen MR) is 81.4 cm³/mol. The van der Waals surface area contributed by atoms with Crippen LogP contribution in [0.4, 0.5) is 5.69 Å². The van der Waals surface area contributed by atoms with Crippen LogP contribution in [0, 0.1) is 12.8 Å². The van der Waals surface area contributed by atoms with Crippen LogP contribution in [0.3, 0.4) is 0 Å². The molecule has 0 aromatic heterocycles. The molecule has 1 unspecified atom stereocenters. The van der Waals surface area contributed by atoms with E-state index in [0.717, 1.165) is 24.1 Å². The lowest BCUT2D eigenvalue weighted by molar-refractivity contribution is -0.140. The van der Waals surface area contributed by atoms with Gasteiger partial charge in [0.25, 0.3) is 0 Å². The van der Waals surface area contributed by atoms with E-state index in [1.807, 2.05) is 38.1 Å². The van der Waals surface area contributed by atoms with Crippen molar-refractivity contribution in [3.8, 4) is 0 Å². The van der Waals surface area contributed by atoms with Gasteiger partial charge in [0.1, 0.15) is 6.04 Å². The number of likely N-dealkylation sites (N-methyl/N-ethyl adjacent to an activating group) is 1. The summed E-state index contributed by atoms with van der Waals surface area (Å²) in [6.07, 6.45) is 1.85. The second-order valence-corrected chi connectivity index (χ2v) is 5.46. The fourth-order valence-corrected chi connectivity index (χ4v) is 2.53. The van der Waals surface area contributed by atoms with Crippen LogP contribution in [-0.4, -0.2) is 36.1 Å². The Labute approximate surface area is 125 Å². The summed E-state index contributed by atoms with van der Waals surface area (Å²) in [6.45, 7) is 4.49. The summed E-state index contributed by atoms with van der Waals surface area (Å²) in [7, 11) is 0. The van der Waals surface area contributed by atoms with Crippen molar-refractivity contribution >= 4 is 17.6 Å². The summed E-state index contributed by atoms with van der Waals surface area (Å²) in [5, 5.41) is 12.1. The Kier molecular flexibility index (Phi) is 4.96. The molecule has 1 aliphatic carbocycles. The van der Waals surface area contributed by atoms with Crippen molar-refractivity contribution in [3.05, 3.63) is 29.8 Å². The number of benzene rings is 1. The molecule has 1 aromatic rings. The molecule has 2 rings (SSSR count). The molecule has 21 heavy (non-hydrogen) atoms. The maximum absolute atomic E-state index is 12.4. The monoisotopic (exact) mass is 290 g/mol. The van der Waals surface area contributed by atoms with Gasteiger partial charge in [-0.1, -0.05) is 18.2 Å². The Bertz CT molecular complexity index is 526. The van der Waals surface area contributed by atoms with E-state index in [-0.39, 0.29) is 18.4 Å². The van der Waals surface area contributed by atoms with E-state index in [2.05, 4.69) is 5.32 Å². The average Bonchev–Trinajstić information content (AvgIpc) is 3.26. The summed E-state index contributed by atoms with van der Waals surface area (Å²) in [5.74, 6) is -0.799. The number of aryl methyl sites for hydroxylation is 1. The first kappa shape index (κ1) is 15.5. The van der Waals surface area contributed by atoms with Gasteiger partial charge in [-0.2, -0.15) is 0 Å². The van der Waals surface area contributed by atoms with Crippen molar-refractivity contribution in [1.82, 2.24) is 5.32 Å². The first-order valence-electron chi connectivity index (χ1n) is 7.36. The van der Waals surface area contributed by atoms with Crippen LogP contribution in [0.25, 0.3) is 0 Å². The topological polar surface area (TPSA) is 69.6 Å². The molecule has 1 aliphatic rings. The molecule has 1 fully saturated rings. The van der Waals surface area contributed by atoms with Crippen molar-refractivity contribution in [1.29, 1.82) is 0 Å². The quantitative estimate of drug-likeness (QED) is 0.803. The Morgan fingerprint density at radius 2 is 2.05 bits per heavy atom. The van der Waals surface area contributed by atoms with Gasteiger partial charge in [0.05, 0.1) is 6.54 Å². The molecule has 5 nitrogen and oxygen atoms in total. The summed E-state index contributed by atoms with van der Waals surface area (Å²) >= 11 is 0. The van der Waals surface area contributed by atoms with Gasteiger partial charge in [-0.3, -0.25) is 14.9 Å². The SMILES string of the molecule is CCN(C(=O)CNC(C(=O)O)C1CC1)c1ccccc1C. The maximum atomic E-state index is 12.4. The molecule has 0 bridgehead atoms. The van der Waals surface area contributed by atoms with E-state index < -0.39 is 12.0 Å². The lowest BCUT2D eigenvalue weighted by Crippen LogP contribution is -2.46. The molecule has 0 aliphatic heterocycles. The summed E-state index contributed by atoms with van der Waals surface area (Å²) in [4.78, 5) is 25.2. The number of para-hydroxylation sites is 1. The van der Waals surface area contributed by atoms with Crippen molar-refractivity contribution in [2.75, 3.05) is 18.0 Å². The molecule has 1 atom stereocenters. The molecule has 1 saturated carbocycles. The van der Waals surface area contributed by atoms with Crippen LogP contribution in [0.15, 0.2) is 24.3 Å². The average molecular weight is 290 g/mol. The lowest BCUT2D eigenvalue weighted by Gasteiger charge is -2.24. The normalized spacial score (nSPS) is 15.5. The highest BCUT2D eigenvalue weighted by Crippen LogP contribution is 2.32. The van der Waals surface area contributed by atoms with Crippen LogP contribution in [0.1, 0.15) is 25.3 Å². The molecule has 114 valence electrons. The van der Waals surface area contributed by atoms with Gasteiger partial charge in [-0.25, -0.2) is 0 Å². The van der Waals surface area contributed by atoms with E-state index in [1.165, 1.54) is 0 Å². The number of nitrogens with one attached hydrogen (secondary N) is 1. The van der Waals surface area contributed by atoms with Crippen molar-refractivity contribution in [2.24, 2.45) is 5.92 Å². The molecular formula is C16H22N2O3. The molecule has 5 heteroatoms. The van der Waals surface area contributed by atoms with Crippen LogP contribution < -0.4 is 10.2 Å². The molecule has 1 aromatic carbocycles. The van der Waals surface area contributed by atoms with Gasteiger partial charge in [-0.15, -0.1) is 0 Å². The van der Waals surface area contributed by atoms with Crippen LogP contribution in [-0.2, 0) is 9.59 Å². The molecule has 0 spiro atoms. The zero-order valence-electron chi connectivity index (χ0n) is 12.5. The second-order valence-electron chi connectivity index (χ2n) is 5.46. The molecule has 0 heterocycles. The molecule has 0 radical (unpaired) electrons. The third-order valence-corrected chi connectivity index (χ3v) is 3.86. The number of hydrogen-bond donors (Lipinski definition) is 2. The van der Waals surface area contributed by atoms with Gasteiger partial charge in [0.15, 0.2) is 0 Å². The zero-order valence-corrected chi connectivity index (χ0v) is 12.5. The van der Waals surface area contributed by atoms with E-state index in [4.69, 9.17) is 5.11 Å². The Balaban J connectivity index is 2.00. The third-order valence-electron chi connectivity index (χ3n) is 3.86. The van der Waals surface area contributed by atoms with Crippen molar-refractivity contribution in [3.63, 3.8) is 0 Å². The van der Waals surface area contributed by atoms with Crippen molar-refractivity contribution in [2.45, 2.75) is 32.7 Å². The first-order chi connectivity index (χ1) is 10.0. The number of rotatable bonds is 7. The summed E-state index contributed by atoms with van der Waals surface area (Å²) < 4.78 is 0. The summed E-state index contributed by atoms with van der Waals surface area (Å²) in [6, 6.07) is 7.10. The number of aliphatic carboxylic acids is 1. The minimum absolute atomic E-state index is 0.0512. The van der Waals surface area contributed by atoms with Crippen LogP contribution >= 0.6 is 0 Å². The second kappa shape index (κ2) is 6.72. The van der Waals surface area contributed by atoms with Gasteiger partial charge >= 0.3 is 5.97 Å². The minimum Gasteiger partial charge on any atom is -0.480 e. The van der Waals surface area contributed by atoms with Crippen LogP contribution in [0.5, 0.6) is 0 Å². The van der Waals surface area contributed by atoms with E-state index in [0.29, 0.717) is 6.54 Å². The van der Waals surface area contributed by atoms with Gasteiger partial charge in [0, 0.05) is 12.2 Å². The molecule has 0 saturated heterocycles. The first-order valence-corrected chi connectivity index (χ1v) is 7.36. The van der Waals surface area contributed by atoms with E-state index in [1.54, 1.807) is 4.90 Å². The Morgan fingerprint density at radius 1 is 1.38 bits per heavy atom. The van der Waals surface area contributed by atoms with Gasteiger partial charge in [-0.05, 0) is 44.2 Å². The van der Waals surface area contributed by atoms with E-state index in [9.17, 15) is 9.59 Å². The fraction of sp³-hybridized carbons (Fsp3) is 0.500. The number of hydrogen-bond acceptors (Lipinski definition) is 3. The number of amides is 1. The fourth-order valence-electron chi connectivity index (χ4n) is 2.53. The largest absolute Gasteiger partial charge is 0.480 e. The number of carbonyl (C=O) groups is 2. The lowest BCUT2D eigenvalue weighted by atomic mass is 10.1. The number of carboxylic acids is 1. The Morgan fingerprint density at radius 3 is 2.57 bits per heavy atom. The highest BCUT2D eigenvalue weighted by atomic mass is 16.4. The summed E-state index contributed by atoms with van der Waals surface area (Å²) in [5.41, 5.74) is 1.91. The zero-order chi connectivity index (χ0) is 15.4. The Hall–Kier alpha value is -1.88. The number of carboxylic acid groups (broad SMARTS) is 1. The van der Waals surface area contributed by atoms with Crippen molar-refractivity contribution < 1.29 is 14.7 Å². The van der Waals surface area contributed by atoms with Gasteiger partial charge in [0.2, 0.25) is 5.91 Å². The number of nitrogens with zero attached hydrogens (tertiary/aromatic N) is 1. The standard InChI is InChI=1S/C16H22N2O3/c1-3-18(13-7-5-4-6-11(13)2)14(19)10-17-15(16(20)21)12-8-9-12/h4-7,12,15,17H,3,8-10H2,1-2H3,(H,20,21). The molecular weight excluding hydrogens is 268 g/mol. The number of anilines is 1. The molecule has 1 amide bonds. The smallest absolute Gasteiger partial charge is 0.320 e. The minimum atomic E-state index is -0.871. The highest BCUT2D eigenvalue weighted by Gasteiger charge is 2.36. The van der Waals surface area contributed by atoms with Gasteiger partial charge < -0.3 is 10.0 Å². The van der Waals surface area contributed by atoms with E-state index >= 15 is 0 Å². The predicted octanol–water partition coefficient (Wildman–Crippen LogP) is 1.80.